The molecule has 1 aliphatic heterocycles. The number of Topliss-reactive ketones (excluding diaryl/α,β-unsaturated/α-hetero) is 1. The molecule has 82 valence electrons. The third-order valence-corrected chi connectivity index (χ3v) is 5.19. The van der Waals surface area contributed by atoms with Crippen LogP contribution in [0.4, 0.5) is 0 Å². The third-order valence-electron chi connectivity index (χ3n) is 3.05. The highest BCUT2D eigenvalue weighted by molar-refractivity contribution is 8.00. The molecule has 0 aliphatic carbocycles. The quantitative estimate of drug-likeness (QED) is 0.810. The number of hydrogen-bond acceptors (Lipinski definition) is 3. The van der Waals surface area contributed by atoms with Gasteiger partial charge in [0.1, 0.15) is 5.78 Å². The van der Waals surface area contributed by atoms with Gasteiger partial charge in [-0.05, 0) is 28.8 Å². The van der Waals surface area contributed by atoms with E-state index >= 15 is 0 Å². The van der Waals surface area contributed by atoms with Crippen molar-refractivity contribution in [3.63, 3.8) is 0 Å². The van der Waals surface area contributed by atoms with Crippen molar-refractivity contribution in [3.05, 3.63) is 35.2 Å². The van der Waals surface area contributed by atoms with E-state index in [-0.39, 0.29) is 5.92 Å². The Bertz CT molecular complexity index is 529. The molecule has 2 aromatic rings. The fourth-order valence-electron chi connectivity index (χ4n) is 2.14. The molecule has 3 rings (SSSR count). The van der Waals surface area contributed by atoms with Gasteiger partial charge in [0.25, 0.3) is 0 Å². The van der Waals surface area contributed by atoms with Gasteiger partial charge in [-0.1, -0.05) is 18.2 Å². The fraction of sp³-hybridized carbons (Fsp3) is 0.308. The van der Waals surface area contributed by atoms with Gasteiger partial charge in [0.05, 0.1) is 5.75 Å². The fourth-order valence-corrected chi connectivity index (χ4v) is 4.26. The van der Waals surface area contributed by atoms with Gasteiger partial charge in [-0.3, -0.25) is 4.79 Å². The molecule has 0 bridgehead atoms. The van der Waals surface area contributed by atoms with E-state index in [1.165, 1.54) is 15.6 Å². The molecule has 1 fully saturated rings. The number of ketones is 1. The lowest BCUT2D eigenvalue weighted by atomic mass is 9.98. The maximum atomic E-state index is 11.6. The Kier molecular flexibility index (Phi) is 2.74. The molecule has 1 aliphatic rings. The predicted molar refractivity (Wildman–Crippen MR) is 71.4 cm³/mol. The van der Waals surface area contributed by atoms with Crippen LogP contribution in [0.25, 0.3) is 10.1 Å². The van der Waals surface area contributed by atoms with Crippen molar-refractivity contribution >= 4 is 39.0 Å². The second-order valence-corrected chi connectivity index (χ2v) is 6.08. The minimum absolute atomic E-state index is 0.253. The number of hydrogen-bond donors (Lipinski definition) is 0. The standard InChI is InChI=1S/C13H12OS2/c14-12-8-15-6-10(12)5-9-7-16-13-4-2-1-3-11(9)13/h1-4,7,10H,5-6,8H2. The third kappa shape index (κ3) is 1.78. The van der Waals surface area contributed by atoms with Gasteiger partial charge >= 0.3 is 0 Å². The molecule has 1 saturated heterocycles. The summed E-state index contributed by atoms with van der Waals surface area (Å²) in [6.07, 6.45) is 0.926. The number of benzene rings is 1. The van der Waals surface area contributed by atoms with Gasteiger partial charge in [0.2, 0.25) is 0 Å². The molecule has 16 heavy (non-hydrogen) atoms. The topological polar surface area (TPSA) is 17.1 Å². The first-order valence-corrected chi connectivity index (χ1v) is 7.43. The summed E-state index contributed by atoms with van der Waals surface area (Å²) < 4.78 is 1.33. The summed E-state index contributed by atoms with van der Waals surface area (Å²) in [7, 11) is 0. The van der Waals surface area contributed by atoms with Crippen LogP contribution >= 0.6 is 23.1 Å². The van der Waals surface area contributed by atoms with Gasteiger partial charge in [-0.2, -0.15) is 11.8 Å². The number of fused-ring (bicyclic) bond motifs is 1. The van der Waals surface area contributed by atoms with E-state index in [9.17, 15) is 4.79 Å². The summed E-state index contributed by atoms with van der Waals surface area (Å²) in [5, 5.41) is 3.54. The average Bonchev–Trinajstić information content (AvgIpc) is 2.88. The zero-order chi connectivity index (χ0) is 11.0. The molecule has 1 nitrogen and oxygen atoms in total. The van der Waals surface area contributed by atoms with Crippen molar-refractivity contribution in [3.8, 4) is 0 Å². The molecule has 3 heteroatoms. The van der Waals surface area contributed by atoms with Crippen LogP contribution in [-0.4, -0.2) is 17.3 Å². The molecular formula is C13H12OS2. The smallest absolute Gasteiger partial charge is 0.146 e. The van der Waals surface area contributed by atoms with Crippen molar-refractivity contribution in [1.29, 1.82) is 0 Å². The lowest BCUT2D eigenvalue weighted by molar-refractivity contribution is -0.119. The maximum absolute atomic E-state index is 11.6. The van der Waals surface area contributed by atoms with Crippen LogP contribution in [0.2, 0.25) is 0 Å². The first kappa shape index (κ1) is 10.4. The molecule has 1 unspecified atom stereocenters. The van der Waals surface area contributed by atoms with Crippen molar-refractivity contribution in [2.24, 2.45) is 5.92 Å². The van der Waals surface area contributed by atoms with E-state index < -0.39 is 0 Å². The van der Waals surface area contributed by atoms with Crippen LogP contribution in [0, 0.1) is 5.92 Å². The van der Waals surface area contributed by atoms with Gasteiger partial charge in [-0.25, -0.2) is 0 Å². The molecule has 1 aromatic carbocycles. The highest BCUT2D eigenvalue weighted by Crippen LogP contribution is 2.30. The van der Waals surface area contributed by atoms with Crippen molar-refractivity contribution < 1.29 is 4.79 Å². The van der Waals surface area contributed by atoms with Crippen LogP contribution in [0.3, 0.4) is 0 Å². The van der Waals surface area contributed by atoms with E-state index in [1.54, 1.807) is 23.1 Å². The van der Waals surface area contributed by atoms with Crippen molar-refractivity contribution in [1.82, 2.24) is 0 Å². The minimum Gasteiger partial charge on any atom is -0.298 e. The Morgan fingerprint density at radius 2 is 2.19 bits per heavy atom. The van der Waals surface area contributed by atoms with Gasteiger partial charge < -0.3 is 0 Å². The Balaban J connectivity index is 1.92. The van der Waals surface area contributed by atoms with Crippen molar-refractivity contribution in [2.45, 2.75) is 6.42 Å². The van der Waals surface area contributed by atoms with Crippen LogP contribution in [0.5, 0.6) is 0 Å². The lowest BCUT2D eigenvalue weighted by Crippen LogP contribution is -2.13. The molecule has 0 spiro atoms. The van der Waals surface area contributed by atoms with Crippen LogP contribution in [0.1, 0.15) is 5.56 Å². The summed E-state index contributed by atoms with van der Waals surface area (Å²) in [5.41, 5.74) is 1.35. The zero-order valence-corrected chi connectivity index (χ0v) is 10.4. The number of thiophene rings is 1. The van der Waals surface area contributed by atoms with Crippen LogP contribution in [0.15, 0.2) is 29.6 Å². The van der Waals surface area contributed by atoms with E-state index in [0.29, 0.717) is 11.5 Å². The first-order valence-electron chi connectivity index (χ1n) is 5.40. The normalized spacial score (nSPS) is 20.8. The molecule has 1 atom stereocenters. The van der Waals surface area contributed by atoms with E-state index in [0.717, 1.165) is 12.2 Å². The zero-order valence-electron chi connectivity index (χ0n) is 8.81. The van der Waals surface area contributed by atoms with E-state index in [2.05, 4.69) is 29.6 Å². The highest BCUT2D eigenvalue weighted by atomic mass is 32.2. The molecule has 0 N–H and O–H groups in total. The molecule has 0 amide bonds. The summed E-state index contributed by atoms with van der Waals surface area (Å²) in [5.74, 6) is 2.40. The molecule has 1 aromatic heterocycles. The molecular weight excluding hydrogens is 236 g/mol. The largest absolute Gasteiger partial charge is 0.298 e. The van der Waals surface area contributed by atoms with Crippen molar-refractivity contribution in [2.75, 3.05) is 11.5 Å². The lowest BCUT2D eigenvalue weighted by Gasteiger charge is -2.05. The number of carbonyl (C=O) groups excluding carboxylic acids is 1. The predicted octanol–water partition coefficient (Wildman–Crippen LogP) is 3.38. The van der Waals surface area contributed by atoms with E-state index in [1.807, 2.05) is 0 Å². The van der Waals surface area contributed by atoms with E-state index in [4.69, 9.17) is 0 Å². The summed E-state index contributed by atoms with van der Waals surface area (Å²) >= 11 is 3.55. The Morgan fingerprint density at radius 1 is 1.31 bits per heavy atom. The first-order chi connectivity index (χ1) is 7.84. The van der Waals surface area contributed by atoms with Gasteiger partial charge in [0, 0.05) is 16.4 Å². The molecule has 2 heterocycles. The highest BCUT2D eigenvalue weighted by Gasteiger charge is 2.25. The summed E-state index contributed by atoms with van der Waals surface area (Å²) in [4.78, 5) is 11.6. The van der Waals surface area contributed by atoms with Crippen LogP contribution < -0.4 is 0 Å². The average molecular weight is 248 g/mol. The Labute approximate surface area is 103 Å². The summed E-state index contributed by atoms with van der Waals surface area (Å²) in [6.45, 7) is 0. The number of rotatable bonds is 2. The maximum Gasteiger partial charge on any atom is 0.146 e. The number of carbonyl (C=O) groups is 1. The minimum atomic E-state index is 0.253. The monoisotopic (exact) mass is 248 g/mol. The van der Waals surface area contributed by atoms with Crippen LogP contribution in [-0.2, 0) is 11.2 Å². The SMILES string of the molecule is O=C1CSCC1Cc1csc2ccccc12. The Morgan fingerprint density at radius 3 is 3.00 bits per heavy atom. The van der Waals surface area contributed by atoms with Gasteiger partial charge in [-0.15, -0.1) is 11.3 Å². The number of thioether (sulfide) groups is 1. The van der Waals surface area contributed by atoms with Gasteiger partial charge in [0.15, 0.2) is 0 Å². The second kappa shape index (κ2) is 4.22. The second-order valence-electron chi connectivity index (χ2n) is 4.14. The molecule has 0 radical (unpaired) electrons. The molecule has 0 saturated carbocycles. The Hall–Kier alpha value is -0.800. The summed E-state index contributed by atoms with van der Waals surface area (Å²) in [6, 6.07) is 8.45.